The number of ketones is 1. The van der Waals surface area contributed by atoms with Gasteiger partial charge in [0.15, 0.2) is 5.78 Å². The number of furan rings is 1. The van der Waals surface area contributed by atoms with Gasteiger partial charge in [-0.15, -0.1) is 0 Å². The zero-order valence-electron chi connectivity index (χ0n) is 14.1. The molecule has 0 saturated carbocycles. The van der Waals surface area contributed by atoms with Crippen molar-refractivity contribution in [2.24, 2.45) is 5.14 Å². The fourth-order valence-corrected chi connectivity index (χ4v) is 3.36. The second-order valence-electron chi connectivity index (χ2n) is 6.05. The highest BCUT2D eigenvalue weighted by Crippen LogP contribution is 2.29. The Bertz CT molecular complexity index is 1160. The lowest BCUT2D eigenvalue weighted by molar-refractivity contribution is 0.100. The second-order valence-corrected chi connectivity index (χ2v) is 7.62. The summed E-state index contributed by atoms with van der Waals surface area (Å²) in [6.07, 6.45) is 1.65. The highest BCUT2D eigenvalue weighted by molar-refractivity contribution is 7.89. The third-order valence-corrected chi connectivity index (χ3v) is 5.15. The van der Waals surface area contributed by atoms with E-state index in [1.54, 1.807) is 48.5 Å². The molecule has 0 spiro atoms. The van der Waals surface area contributed by atoms with Crippen molar-refractivity contribution < 1.29 is 22.4 Å². The molecule has 1 aliphatic rings. The first-order valence-electron chi connectivity index (χ1n) is 8.12. The summed E-state index contributed by atoms with van der Waals surface area (Å²) in [6, 6.07) is 16.7. The Morgan fingerprint density at radius 1 is 0.963 bits per heavy atom. The van der Waals surface area contributed by atoms with Gasteiger partial charge in [-0.3, -0.25) is 4.79 Å². The molecule has 1 aromatic heterocycles. The van der Waals surface area contributed by atoms with Crippen LogP contribution in [0.5, 0.6) is 5.75 Å². The van der Waals surface area contributed by atoms with Gasteiger partial charge >= 0.3 is 0 Å². The van der Waals surface area contributed by atoms with E-state index < -0.39 is 10.0 Å². The molecule has 0 atom stereocenters. The van der Waals surface area contributed by atoms with Crippen molar-refractivity contribution in [2.75, 3.05) is 6.61 Å². The van der Waals surface area contributed by atoms with Crippen LogP contribution in [-0.4, -0.2) is 20.8 Å². The van der Waals surface area contributed by atoms with Crippen LogP contribution in [0.25, 0.3) is 17.4 Å². The number of hydrogen-bond donors (Lipinski definition) is 1. The topological polar surface area (TPSA) is 99.6 Å². The van der Waals surface area contributed by atoms with Gasteiger partial charge in [0.2, 0.25) is 10.0 Å². The first-order chi connectivity index (χ1) is 12.9. The number of nitrogens with two attached hydrogens (primary N) is 1. The van der Waals surface area contributed by atoms with Gasteiger partial charge in [-0.1, -0.05) is 12.1 Å². The number of carbonyl (C=O) groups is 1. The number of sulfonamides is 1. The van der Waals surface area contributed by atoms with E-state index in [4.69, 9.17) is 14.3 Å². The van der Waals surface area contributed by atoms with Crippen molar-refractivity contribution in [2.45, 2.75) is 4.90 Å². The van der Waals surface area contributed by atoms with Gasteiger partial charge in [0.1, 0.15) is 23.9 Å². The fraction of sp³-hybridized carbons (Fsp3) is 0.0500. The minimum atomic E-state index is -3.74. The van der Waals surface area contributed by atoms with Crippen molar-refractivity contribution >= 4 is 21.9 Å². The molecule has 4 rings (SSSR count). The first kappa shape index (κ1) is 17.3. The molecule has 2 N–H and O–H groups in total. The van der Waals surface area contributed by atoms with Gasteiger partial charge in [0, 0.05) is 11.1 Å². The minimum Gasteiger partial charge on any atom is -0.488 e. The smallest absolute Gasteiger partial charge is 0.238 e. The lowest BCUT2D eigenvalue weighted by atomic mass is 10.00. The lowest BCUT2D eigenvalue weighted by Gasteiger charge is -2.18. The summed E-state index contributed by atoms with van der Waals surface area (Å²) in [7, 11) is -3.74. The molecule has 27 heavy (non-hydrogen) atoms. The summed E-state index contributed by atoms with van der Waals surface area (Å²) < 4.78 is 34.0. The number of hydrogen-bond acceptors (Lipinski definition) is 5. The van der Waals surface area contributed by atoms with Crippen LogP contribution >= 0.6 is 0 Å². The molecule has 2 aromatic carbocycles. The number of ether oxygens (including phenoxy) is 1. The van der Waals surface area contributed by atoms with Crippen LogP contribution in [0.2, 0.25) is 0 Å². The van der Waals surface area contributed by atoms with Crippen LogP contribution in [0.1, 0.15) is 16.1 Å². The van der Waals surface area contributed by atoms with Gasteiger partial charge in [0.25, 0.3) is 0 Å². The third-order valence-electron chi connectivity index (χ3n) is 4.22. The average Bonchev–Trinajstić information content (AvgIpc) is 3.12. The predicted molar refractivity (Wildman–Crippen MR) is 99.8 cm³/mol. The molecule has 1 aliphatic heterocycles. The van der Waals surface area contributed by atoms with Crippen molar-refractivity contribution in [3.63, 3.8) is 0 Å². The average molecular weight is 381 g/mol. The van der Waals surface area contributed by atoms with Crippen molar-refractivity contribution in [1.82, 2.24) is 0 Å². The Kier molecular flexibility index (Phi) is 4.18. The summed E-state index contributed by atoms with van der Waals surface area (Å²) in [5, 5.41) is 5.10. The predicted octanol–water partition coefficient (Wildman–Crippen LogP) is 3.25. The SMILES string of the molecule is NS(=O)(=O)c1ccc(-c2ccc(C=C3COc4ccccc4C3=O)o2)cc1. The zero-order chi connectivity index (χ0) is 19.0. The summed E-state index contributed by atoms with van der Waals surface area (Å²) in [6.45, 7) is 0.176. The molecular formula is C20H15NO5S. The molecule has 7 heteroatoms. The molecular weight excluding hydrogens is 366 g/mol. The molecule has 6 nitrogen and oxygen atoms in total. The molecule has 0 radical (unpaired) electrons. The van der Waals surface area contributed by atoms with E-state index in [0.717, 1.165) is 0 Å². The van der Waals surface area contributed by atoms with E-state index in [-0.39, 0.29) is 17.3 Å². The first-order valence-corrected chi connectivity index (χ1v) is 9.66. The molecule has 0 saturated heterocycles. The number of benzene rings is 2. The Morgan fingerprint density at radius 2 is 1.70 bits per heavy atom. The van der Waals surface area contributed by atoms with Gasteiger partial charge in [-0.2, -0.15) is 0 Å². The second kappa shape index (κ2) is 6.53. The van der Waals surface area contributed by atoms with Gasteiger partial charge in [-0.05, 0) is 54.6 Å². The minimum absolute atomic E-state index is 0.0313. The Morgan fingerprint density at radius 3 is 2.44 bits per heavy atom. The van der Waals surface area contributed by atoms with Crippen LogP contribution in [0.15, 0.2) is 75.5 Å². The zero-order valence-corrected chi connectivity index (χ0v) is 14.9. The van der Waals surface area contributed by atoms with Gasteiger partial charge < -0.3 is 9.15 Å². The summed E-state index contributed by atoms with van der Waals surface area (Å²) in [5.41, 5.74) is 1.73. The van der Waals surface area contributed by atoms with E-state index in [2.05, 4.69) is 0 Å². The molecule has 2 heterocycles. The monoisotopic (exact) mass is 381 g/mol. The van der Waals surface area contributed by atoms with E-state index in [0.29, 0.717) is 34.0 Å². The van der Waals surface area contributed by atoms with Crippen LogP contribution in [0, 0.1) is 0 Å². The number of rotatable bonds is 3. The molecule has 3 aromatic rings. The quantitative estimate of drug-likeness (QED) is 0.702. The van der Waals surface area contributed by atoms with Gasteiger partial charge in [0.05, 0.1) is 10.5 Å². The number of fused-ring (bicyclic) bond motifs is 1. The molecule has 0 aliphatic carbocycles. The molecule has 0 unspecified atom stereocenters. The van der Waals surface area contributed by atoms with Crippen LogP contribution in [0.4, 0.5) is 0 Å². The standard InChI is InChI=1S/C20H15NO5S/c21-27(23,24)16-8-5-13(6-9-16)18-10-7-15(26-18)11-14-12-25-19-4-2-1-3-17(19)20(14)22/h1-11H,12H2,(H2,21,23,24). The number of carbonyl (C=O) groups excluding carboxylic acids is 1. The maximum Gasteiger partial charge on any atom is 0.238 e. The van der Waals surface area contributed by atoms with E-state index in [9.17, 15) is 13.2 Å². The van der Waals surface area contributed by atoms with Gasteiger partial charge in [-0.25, -0.2) is 13.6 Å². The number of para-hydroxylation sites is 1. The largest absolute Gasteiger partial charge is 0.488 e. The summed E-state index contributed by atoms with van der Waals surface area (Å²) in [4.78, 5) is 12.6. The third kappa shape index (κ3) is 3.42. The summed E-state index contributed by atoms with van der Waals surface area (Å²) in [5.74, 6) is 1.54. The fourth-order valence-electron chi connectivity index (χ4n) is 2.85. The Hall–Kier alpha value is -3.16. The van der Waals surface area contributed by atoms with Crippen LogP contribution in [0.3, 0.4) is 0 Å². The molecule has 0 amide bonds. The molecule has 0 fully saturated rings. The highest BCUT2D eigenvalue weighted by atomic mass is 32.2. The maximum absolute atomic E-state index is 12.6. The molecule has 136 valence electrons. The Labute approximate surface area is 155 Å². The molecule has 0 bridgehead atoms. The number of Topliss-reactive ketones (excluding diaryl/α,β-unsaturated/α-hetero) is 1. The lowest BCUT2D eigenvalue weighted by Crippen LogP contribution is -2.18. The van der Waals surface area contributed by atoms with Crippen molar-refractivity contribution in [3.05, 3.63) is 77.6 Å². The number of primary sulfonamides is 1. The van der Waals surface area contributed by atoms with E-state index in [1.807, 2.05) is 6.07 Å². The van der Waals surface area contributed by atoms with E-state index >= 15 is 0 Å². The maximum atomic E-state index is 12.6. The van der Waals surface area contributed by atoms with E-state index in [1.165, 1.54) is 12.1 Å². The van der Waals surface area contributed by atoms with Crippen molar-refractivity contribution in [3.8, 4) is 17.1 Å². The van der Waals surface area contributed by atoms with Crippen LogP contribution in [-0.2, 0) is 10.0 Å². The highest BCUT2D eigenvalue weighted by Gasteiger charge is 2.23. The Balaban J connectivity index is 1.60. The van der Waals surface area contributed by atoms with Crippen molar-refractivity contribution in [1.29, 1.82) is 0 Å². The van der Waals surface area contributed by atoms with Crippen LogP contribution < -0.4 is 9.88 Å². The normalized spacial score (nSPS) is 15.4. The summed E-state index contributed by atoms with van der Waals surface area (Å²) >= 11 is 0.